The largest absolute Gasteiger partial charge is 0.349 e. The van der Waals surface area contributed by atoms with Crippen molar-refractivity contribution in [3.8, 4) is 0 Å². The SMILES string of the molecule is CN(C)C(=O)CCn1cc(CC(=O)C(C)(C)C)nn1. The van der Waals surface area contributed by atoms with E-state index in [-0.39, 0.29) is 23.5 Å². The highest BCUT2D eigenvalue weighted by molar-refractivity contribution is 5.85. The van der Waals surface area contributed by atoms with Crippen molar-refractivity contribution in [2.45, 2.75) is 40.2 Å². The lowest BCUT2D eigenvalue weighted by atomic mass is 9.88. The zero-order chi connectivity index (χ0) is 14.6. The quantitative estimate of drug-likeness (QED) is 0.794. The number of hydrogen-bond acceptors (Lipinski definition) is 4. The lowest BCUT2D eigenvalue weighted by Crippen LogP contribution is -2.23. The van der Waals surface area contributed by atoms with E-state index in [9.17, 15) is 9.59 Å². The van der Waals surface area contributed by atoms with Gasteiger partial charge in [0.05, 0.1) is 18.7 Å². The third-order valence-electron chi connectivity index (χ3n) is 2.82. The first-order valence-corrected chi connectivity index (χ1v) is 6.32. The minimum atomic E-state index is -0.370. The van der Waals surface area contributed by atoms with Gasteiger partial charge in [0, 0.05) is 32.1 Å². The molecule has 1 heterocycles. The molecule has 0 aliphatic carbocycles. The Balaban J connectivity index is 2.54. The van der Waals surface area contributed by atoms with Gasteiger partial charge in [0.1, 0.15) is 5.78 Å². The van der Waals surface area contributed by atoms with Crippen LogP contribution in [0, 0.1) is 5.41 Å². The molecule has 1 rings (SSSR count). The summed E-state index contributed by atoms with van der Waals surface area (Å²) in [6.07, 6.45) is 2.39. The molecule has 0 radical (unpaired) electrons. The summed E-state index contributed by atoms with van der Waals surface area (Å²) in [5.41, 5.74) is 0.280. The first-order chi connectivity index (χ1) is 8.70. The number of amides is 1. The summed E-state index contributed by atoms with van der Waals surface area (Å²) in [7, 11) is 3.44. The summed E-state index contributed by atoms with van der Waals surface area (Å²) in [6.45, 7) is 6.13. The van der Waals surface area contributed by atoms with Gasteiger partial charge in [0.15, 0.2) is 0 Å². The molecule has 0 unspecified atom stereocenters. The summed E-state index contributed by atoms with van der Waals surface area (Å²) in [5, 5.41) is 7.89. The highest BCUT2D eigenvalue weighted by atomic mass is 16.2. The second-order valence-corrected chi connectivity index (χ2v) is 5.86. The summed E-state index contributed by atoms with van der Waals surface area (Å²) in [4.78, 5) is 24.8. The summed E-state index contributed by atoms with van der Waals surface area (Å²) in [5.74, 6) is 0.173. The molecule has 0 N–H and O–H groups in total. The minimum Gasteiger partial charge on any atom is -0.349 e. The maximum absolute atomic E-state index is 11.9. The molecule has 6 nitrogen and oxygen atoms in total. The minimum absolute atomic E-state index is 0.0443. The van der Waals surface area contributed by atoms with Crippen molar-refractivity contribution in [1.29, 1.82) is 0 Å². The average Bonchev–Trinajstić information content (AvgIpc) is 2.72. The fourth-order valence-corrected chi connectivity index (χ4v) is 1.39. The van der Waals surface area contributed by atoms with Crippen LogP contribution in [0.2, 0.25) is 0 Å². The number of Topliss-reactive ketones (excluding diaryl/α,β-unsaturated/α-hetero) is 1. The number of ketones is 1. The molecule has 0 fully saturated rings. The Labute approximate surface area is 113 Å². The lowest BCUT2D eigenvalue weighted by Gasteiger charge is -2.14. The number of nitrogens with zero attached hydrogens (tertiary/aromatic N) is 4. The van der Waals surface area contributed by atoms with Gasteiger partial charge in [-0.15, -0.1) is 5.10 Å². The van der Waals surface area contributed by atoms with Crippen LogP contribution in [0.5, 0.6) is 0 Å². The normalized spacial score (nSPS) is 11.4. The summed E-state index contributed by atoms with van der Waals surface area (Å²) < 4.78 is 1.60. The highest BCUT2D eigenvalue weighted by Gasteiger charge is 2.22. The van der Waals surface area contributed by atoms with Crippen molar-refractivity contribution < 1.29 is 9.59 Å². The maximum Gasteiger partial charge on any atom is 0.223 e. The molecular weight excluding hydrogens is 244 g/mol. The van der Waals surface area contributed by atoms with E-state index >= 15 is 0 Å². The Morgan fingerprint density at radius 2 is 1.95 bits per heavy atom. The van der Waals surface area contributed by atoms with Crippen molar-refractivity contribution in [1.82, 2.24) is 19.9 Å². The van der Waals surface area contributed by atoms with Gasteiger partial charge >= 0.3 is 0 Å². The molecule has 0 aliphatic rings. The fourth-order valence-electron chi connectivity index (χ4n) is 1.39. The van der Waals surface area contributed by atoms with Crippen molar-refractivity contribution in [2.24, 2.45) is 5.41 Å². The van der Waals surface area contributed by atoms with Crippen molar-refractivity contribution >= 4 is 11.7 Å². The Morgan fingerprint density at radius 3 is 2.47 bits per heavy atom. The molecule has 0 atom stereocenters. The molecule has 0 saturated carbocycles. The smallest absolute Gasteiger partial charge is 0.223 e. The van der Waals surface area contributed by atoms with Gasteiger partial charge in [-0.25, -0.2) is 0 Å². The average molecular weight is 266 g/mol. The maximum atomic E-state index is 11.9. The third kappa shape index (κ3) is 4.81. The molecule has 106 valence electrons. The Morgan fingerprint density at radius 1 is 1.32 bits per heavy atom. The molecule has 1 aromatic rings. The Kier molecular flexibility index (Phi) is 4.80. The van der Waals surface area contributed by atoms with Crippen LogP contribution in [-0.2, 0) is 22.6 Å². The molecule has 19 heavy (non-hydrogen) atoms. The van der Waals surface area contributed by atoms with E-state index in [2.05, 4.69) is 10.3 Å². The standard InChI is InChI=1S/C13H22N4O2/c1-13(2,3)11(18)8-10-9-17(15-14-10)7-6-12(19)16(4)5/h9H,6-8H2,1-5H3. The predicted octanol–water partition coefficient (Wildman–Crippen LogP) is 0.914. The molecule has 0 aliphatic heterocycles. The summed E-state index contributed by atoms with van der Waals surface area (Å²) >= 11 is 0. The van der Waals surface area contributed by atoms with Crippen LogP contribution in [-0.4, -0.2) is 45.7 Å². The van der Waals surface area contributed by atoms with E-state index < -0.39 is 0 Å². The van der Waals surface area contributed by atoms with Crippen LogP contribution < -0.4 is 0 Å². The molecule has 6 heteroatoms. The van der Waals surface area contributed by atoms with Gasteiger partial charge < -0.3 is 4.90 Å². The van der Waals surface area contributed by atoms with E-state index in [0.717, 1.165) is 0 Å². The van der Waals surface area contributed by atoms with E-state index in [1.54, 1.807) is 29.9 Å². The van der Waals surface area contributed by atoms with Crippen LogP contribution in [0.4, 0.5) is 0 Å². The number of rotatable bonds is 5. The zero-order valence-corrected chi connectivity index (χ0v) is 12.3. The van der Waals surface area contributed by atoms with Gasteiger partial charge in [-0.3, -0.25) is 14.3 Å². The molecule has 0 spiro atoms. The third-order valence-corrected chi connectivity index (χ3v) is 2.82. The first kappa shape index (κ1) is 15.3. The van der Waals surface area contributed by atoms with E-state index in [1.165, 1.54) is 0 Å². The second-order valence-electron chi connectivity index (χ2n) is 5.86. The van der Waals surface area contributed by atoms with Gasteiger partial charge in [0.2, 0.25) is 5.91 Å². The molecule has 0 saturated heterocycles. The number of carbonyl (C=O) groups excluding carboxylic acids is 2. The van der Waals surface area contributed by atoms with Gasteiger partial charge in [0.25, 0.3) is 0 Å². The number of hydrogen-bond donors (Lipinski definition) is 0. The first-order valence-electron chi connectivity index (χ1n) is 6.32. The lowest BCUT2D eigenvalue weighted by molar-refractivity contribution is -0.129. The van der Waals surface area contributed by atoms with E-state index in [1.807, 2.05) is 20.8 Å². The van der Waals surface area contributed by atoms with Gasteiger partial charge in [-0.1, -0.05) is 26.0 Å². The van der Waals surface area contributed by atoms with Crippen LogP contribution in [0.25, 0.3) is 0 Å². The number of carbonyl (C=O) groups is 2. The van der Waals surface area contributed by atoms with Gasteiger partial charge in [-0.2, -0.15) is 0 Å². The van der Waals surface area contributed by atoms with Crippen LogP contribution in [0.15, 0.2) is 6.20 Å². The monoisotopic (exact) mass is 266 g/mol. The predicted molar refractivity (Wildman–Crippen MR) is 71.5 cm³/mol. The van der Waals surface area contributed by atoms with E-state index in [4.69, 9.17) is 0 Å². The number of aryl methyl sites for hydroxylation is 1. The molecular formula is C13H22N4O2. The molecule has 0 bridgehead atoms. The number of aromatic nitrogens is 3. The topological polar surface area (TPSA) is 68.1 Å². The zero-order valence-electron chi connectivity index (χ0n) is 12.3. The van der Waals surface area contributed by atoms with Crippen molar-refractivity contribution in [3.05, 3.63) is 11.9 Å². The molecule has 1 aromatic heterocycles. The molecule has 0 aromatic carbocycles. The van der Waals surface area contributed by atoms with Crippen molar-refractivity contribution in [2.75, 3.05) is 14.1 Å². The van der Waals surface area contributed by atoms with E-state index in [0.29, 0.717) is 18.7 Å². The fraction of sp³-hybridized carbons (Fsp3) is 0.692. The van der Waals surface area contributed by atoms with Crippen molar-refractivity contribution in [3.63, 3.8) is 0 Å². The Hall–Kier alpha value is -1.72. The highest BCUT2D eigenvalue weighted by Crippen LogP contribution is 2.16. The molecule has 1 amide bonds. The van der Waals surface area contributed by atoms with Crippen LogP contribution in [0.1, 0.15) is 32.9 Å². The van der Waals surface area contributed by atoms with Crippen LogP contribution >= 0.6 is 0 Å². The van der Waals surface area contributed by atoms with Crippen LogP contribution in [0.3, 0.4) is 0 Å². The summed E-state index contributed by atoms with van der Waals surface area (Å²) in [6, 6.07) is 0. The Bertz CT molecular complexity index is 457. The second kappa shape index (κ2) is 5.95. The van der Waals surface area contributed by atoms with Gasteiger partial charge in [-0.05, 0) is 0 Å².